The van der Waals surface area contributed by atoms with Gasteiger partial charge in [-0.1, -0.05) is 18.6 Å². The smallest absolute Gasteiger partial charge is 0.224 e. The van der Waals surface area contributed by atoms with Crippen molar-refractivity contribution in [3.05, 3.63) is 12.4 Å². The van der Waals surface area contributed by atoms with Crippen molar-refractivity contribution in [1.82, 2.24) is 25.2 Å². The van der Waals surface area contributed by atoms with E-state index in [2.05, 4.69) is 20.5 Å². The summed E-state index contributed by atoms with van der Waals surface area (Å²) in [4.78, 5) is 14.4. The summed E-state index contributed by atoms with van der Waals surface area (Å²) < 4.78 is 1.72. The molecule has 1 aliphatic heterocycles. The van der Waals surface area contributed by atoms with Crippen LogP contribution in [0.25, 0.3) is 0 Å². The summed E-state index contributed by atoms with van der Waals surface area (Å²) in [6.45, 7) is 6.41. The average Bonchev–Trinajstić information content (AvgIpc) is 2.93. The first kappa shape index (κ1) is 14.0. The number of hydrogen-bond acceptors (Lipinski definition) is 4. The molecule has 1 N–H and O–H groups in total. The van der Waals surface area contributed by atoms with E-state index in [0.29, 0.717) is 13.1 Å². The van der Waals surface area contributed by atoms with E-state index in [-0.39, 0.29) is 11.8 Å². The molecule has 1 atom stereocenters. The van der Waals surface area contributed by atoms with Crippen molar-refractivity contribution in [2.45, 2.75) is 32.7 Å². The van der Waals surface area contributed by atoms with Crippen LogP contribution in [0.4, 0.5) is 0 Å². The molecule has 0 aliphatic carbocycles. The number of carbonyl (C=O) groups is 1. The quantitative estimate of drug-likeness (QED) is 0.814. The first-order chi connectivity index (χ1) is 9.25. The van der Waals surface area contributed by atoms with E-state index in [1.165, 1.54) is 19.3 Å². The Hall–Kier alpha value is -1.43. The molecule has 1 aromatic heterocycles. The van der Waals surface area contributed by atoms with Crippen molar-refractivity contribution in [2.75, 3.05) is 26.2 Å². The minimum absolute atomic E-state index is 0.0499. The van der Waals surface area contributed by atoms with Gasteiger partial charge >= 0.3 is 0 Å². The highest BCUT2D eigenvalue weighted by atomic mass is 16.1. The number of amides is 1. The highest BCUT2D eigenvalue weighted by Gasteiger charge is 2.18. The lowest BCUT2D eigenvalue weighted by Gasteiger charge is -2.28. The summed E-state index contributed by atoms with van der Waals surface area (Å²) in [5.74, 6) is 0.180. The van der Waals surface area contributed by atoms with Gasteiger partial charge in [-0.2, -0.15) is 0 Å². The minimum Gasteiger partial charge on any atom is -0.354 e. The lowest BCUT2D eigenvalue weighted by atomic mass is 10.1. The molecular formula is C13H23N5O. The Morgan fingerprint density at radius 2 is 2.16 bits per heavy atom. The molecule has 0 saturated carbocycles. The van der Waals surface area contributed by atoms with Crippen molar-refractivity contribution < 1.29 is 4.79 Å². The van der Waals surface area contributed by atoms with Gasteiger partial charge in [0.1, 0.15) is 0 Å². The molecule has 1 saturated heterocycles. The molecule has 1 amide bonds. The summed E-state index contributed by atoms with van der Waals surface area (Å²) >= 11 is 0. The summed E-state index contributed by atoms with van der Waals surface area (Å²) in [7, 11) is 0. The molecule has 2 heterocycles. The molecular weight excluding hydrogens is 242 g/mol. The number of nitrogens with zero attached hydrogens (tertiary/aromatic N) is 4. The third-order valence-corrected chi connectivity index (χ3v) is 3.54. The lowest BCUT2D eigenvalue weighted by molar-refractivity contribution is -0.125. The van der Waals surface area contributed by atoms with Gasteiger partial charge in [0, 0.05) is 25.2 Å². The Labute approximate surface area is 114 Å². The zero-order valence-electron chi connectivity index (χ0n) is 11.6. The van der Waals surface area contributed by atoms with Gasteiger partial charge < -0.3 is 10.2 Å². The molecule has 1 aliphatic rings. The molecule has 6 nitrogen and oxygen atoms in total. The highest BCUT2D eigenvalue weighted by Crippen LogP contribution is 2.10. The van der Waals surface area contributed by atoms with Crippen LogP contribution in [0.5, 0.6) is 0 Å². The summed E-state index contributed by atoms with van der Waals surface area (Å²) in [6.07, 6.45) is 7.29. The van der Waals surface area contributed by atoms with Crippen LogP contribution in [-0.4, -0.2) is 52.0 Å². The Kier molecular flexibility index (Phi) is 5.32. The third-order valence-electron chi connectivity index (χ3n) is 3.54. The second kappa shape index (κ2) is 7.23. The monoisotopic (exact) mass is 265 g/mol. The summed E-state index contributed by atoms with van der Waals surface area (Å²) in [5, 5.41) is 10.5. The largest absolute Gasteiger partial charge is 0.354 e. The fourth-order valence-electron chi connectivity index (χ4n) is 2.43. The number of aromatic nitrogens is 3. The third kappa shape index (κ3) is 4.63. The molecule has 0 spiro atoms. The number of piperidine rings is 1. The van der Waals surface area contributed by atoms with Crippen molar-refractivity contribution >= 4 is 5.91 Å². The van der Waals surface area contributed by atoms with Gasteiger partial charge in [-0.3, -0.25) is 9.48 Å². The van der Waals surface area contributed by atoms with Gasteiger partial charge in [0.15, 0.2) is 0 Å². The van der Waals surface area contributed by atoms with Crippen LogP contribution in [0.1, 0.15) is 26.2 Å². The van der Waals surface area contributed by atoms with E-state index in [1.54, 1.807) is 17.1 Å². The fourth-order valence-corrected chi connectivity index (χ4v) is 2.43. The molecule has 106 valence electrons. The highest BCUT2D eigenvalue weighted by molar-refractivity contribution is 5.78. The zero-order chi connectivity index (χ0) is 13.5. The SMILES string of the molecule is C[C@@H](CN1CCCCC1)C(=O)NCCn1ccnn1. The maximum Gasteiger partial charge on any atom is 0.224 e. The second-order valence-corrected chi connectivity index (χ2v) is 5.22. The van der Waals surface area contributed by atoms with Gasteiger partial charge in [-0.05, 0) is 25.9 Å². The van der Waals surface area contributed by atoms with Gasteiger partial charge in [-0.15, -0.1) is 5.10 Å². The number of carbonyl (C=O) groups excluding carboxylic acids is 1. The topological polar surface area (TPSA) is 63.1 Å². The van der Waals surface area contributed by atoms with Crippen LogP contribution in [-0.2, 0) is 11.3 Å². The Balaban J connectivity index is 1.64. The maximum atomic E-state index is 12.0. The van der Waals surface area contributed by atoms with Crippen molar-refractivity contribution in [3.8, 4) is 0 Å². The first-order valence-corrected chi connectivity index (χ1v) is 7.10. The van der Waals surface area contributed by atoms with Crippen molar-refractivity contribution in [2.24, 2.45) is 5.92 Å². The number of likely N-dealkylation sites (tertiary alicyclic amines) is 1. The summed E-state index contributed by atoms with van der Waals surface area (Å²) in [6, 6.07) is 0. The van der Waals surface area contributed by atoms with Gasteiger partial charge in [0.2, 0.25) is 5.91 Å². The number of rotatable bonds is 6. The van der Waals surface area contributed by atoms with E-state index in [9.17, 15) is 4.79 Å². The predicted octanol–water partition coefficient (Wildman–Crippen LogP) is 0.516. The second-order valence-electron chi connectivity index (χ2n) is 5.22. The Morgan fingerprint density at radius 3 is 2.84 bits per heavy atom. The van der Waals surface area contributed by atoms with Crippen LogP contribution in [0.2, 0.25) is 0 Å². The van der Waals surface area contributed by atoms with Gasteiger partial charge in [-0.25, -0.2) is 0 Å². The fraction of sp³-hybridized carbons (Fsp3) is 0.769. The van der Waals surface area contributed by atoms with Crippen LogP contribution in [0, 0.1) is 5.92 Å². The molecule has 19 heavy (non-hydrogen) atoms. The van der Waals surface area contributed by atoms with Gasteiger partial charge in [0.05, 0.1) is 12.7 Å². The molecule has 1 fully saturated rings. The Morgan fingerprint density at radius 1 is 1.37 bits per heavy atom. The average molecular weight is 265 g/mol. The van der Waals surface area contributed by atoms with E-state index >= 15 is 0 Å². The molecule has 0 unspecified atom stereocenters. The van der Waals surface area contributed by atoms with Crippen molar-refractivity contribution in [1.29, 1.82) is 0 Å². The molecule has 2 rings (SSSR count). The molecule has 6 heteroatoms. The summed E-state index contributed by atoms with van der Waals surface area (Å²) in [5.41, 5.74) is 0. The number of hydrogen-bond donors (Lipinski definition) is 1. The van der Waals surface area contributed by atoms with E-state index in [1.807, 2.05) is 6.92 Å². The van der Waals surface area contributed by atoms with E-state index in [0.717, 1.165) is 19.6 Å². The van der Waals surface area contributed by atoms with Crippen LogP contribution in [0.15, 0.2) is 12.4 Å². The first-order valence-electron chi connectivity index (χ1n) is 7.10. The lowest BCUT2D eigenvalue weighted by Crippen LogP contribution is -2.40. The maximum absolute atomic E-state index is 12.0. The number of nitrogens with one attached hydrogen (secondary N) is 1. The molecule has 1 aromatic rings. The molecule has 0 aromatic carbocycles. The molecule has 0 bridgehead atoms. The molecule has 0 radical (unpaired) electrons. The van der Waals surface area contributed by atoms with E-state index < -0.39 is 0 Å². The van der Waals surface area contributed by atoms with E-state index in [4.69, 9.17) is 0 Å². The van der Waals surface area contributed by atoms with Crippen LogP contribution in [0.3, 0.4) is 0 Å². The Bertz CT molecular complexity index is 372. The van der Waals surface area contributed by atoms with Gasteiger partial charge in [0.25, 0.3) is 0 Å². The van der Waals surface area contributed by atoms with Crippen LogP contribution < -0.4 is 5.32 Å². The predicted molar refractivity (Wildman–Crippen MR) is 72.5 cm³/mol. The minimum atomic E-state index is 0.0499. The normalized spacial score (nSPS) is 18.2. The van der Waals surface area contributed by atoms with Crippen LogP contribution >= 0.6 is 0 Å². The standard InChI is InChI=1S/C13H23N5O/c1-12(11-17-7-3-2-4-8-17)13(19)14-5-9-18-10-6-15-16-18/h6,10,12H,2-5,7-9,11H2,1H3,(H,14,19)/t12-/m0/s1. The zero-order valence-corrected chi connectivity index (χ0v) is 11.6. The van der Waals surface area contributed by atoms with Crippen molar-refractivity contribution in [3.63, 3.8) is 0 Å².